The van der Waals surface area contributed by atoms with Gasteiger partial charge in [0.1, 0.15) is 25.0 Å². The largest absolute Gasteiger partial charge is 0.372 e. The van der Waals surface area contributed by atoms with E-state index >= 15 is 0 Å². The molecule has 0 aromatic heterocycles. The van der Waals surface area contributed by atoms with Crippen molar-refractivity contribution in [3.8, 4) is 0 Å². The van der Waals surface area contributed by atoms with Gasteiger partial charge in [-0.25, -0.2) is 4.39 Å². The van der Waals surface area contributed by atoms with Crippen molar-refractivity contribution in [2.24, 2.45) is 0 Å². The molecule has 0 amide bonds. The second-order valence-electron chi connectivity index (χ2n) is 3.95. The summed E-state index contributed by atoms with van der Waals surface area (Å²) in [5.74, 6) is -0.110. The van der Waals surface area contributed by atoms with Gasteiger partial charge in [0.25, 0.3) is 0 Å². The average molecular weight is 210 g/mol. The quantitative estimate of drug-likeness (QED) is 0.790. The van der Waals surface area contributed by atoms with Gasteiger partial charge in [0, 0.05) is 12.2 Å². The van der Waals surface area contributed by atoms with Crippen molar-refractivity contribution in [1.29, 1.82) is 0 Å². The number of hydrogen-bond acceptors (Lipinski definition) is 1. The highest BCUT2D eigenvalue weighted by atomic mass is 19.1. The van der Waals surface area contributed by atoms with Crippen LogP contribution in [-0.2, 0) is 11.3 Å². The van der Waals surface area contributed by atoms with Gasteiger partial charge in [0.2, 0.25) is 0 Å². The van der Waals surface area contributed by atoms with Gasteiger partial charge in [0.05, 0.1) is 0 Å². The van der Waals surface area contributed by atoms with E-state index in [2.05, 4.69) is 5.32 Å². The van der Waals surface area contributed by atoms with E-state index in [1.807, 2.05) is 12.1 Å². The number of quaternary nitrogens is 1. The van der Waals surface area contributed by atoms with Gasteiger partial charge in [-0.2, -0.15) is 0 Å². The van der Waals surface area contributed by atoms with E-state index in [4.69, 9.17) is 4.74 Å². The smallest absolute Gasteiger partial charge is 0.132 e. The van der Waals surface area contributed by atoms with Crippen molar-refractivity contribution in [1.82, 2.24) is 0 Å². The Morgan fingerprint density at radius 2 is 2.27 bits per heavy atom. The Bertz CT molecular complexity index is 310. The summed E-state index contributed by atoms with van der Waals surface area (Å²) in [7, 11) is 0. The first-order valence-corrected chi connectivity index (χ1v) is 5.53. The second-order valence-corrected chi connectivity index (χ2v) is 3.95. The Labute approximate surface area is 89.4 Å². The predicted octanol–water partition coefficient (Wildman–Crippen LogP) is 1.07. The highest BCUT2D eigenvalue weighted by molar-refractivity contribution is 5.15. The zero-order valence-corrected chi connectivity index (χ0v) is 8.79. The Morgan fingerprint density at radius 3 is 3.00 bits per heavy atom. The van der Waals surface area contributed by atoms with Crippen LogP contribution in [0.15, 0.2) is 24.3 Å². The zero-order valence-electron chi connectivity index (χ0n) is 8.79. The molecule has 0 unspecified atom stereocenters. The summed E-state index contributed by atoms with van der Waals surface area (Å²) >= 11 is 0. The third-order valence-corrected chi connectivity index (χ3v) is 2.78. The molecule has 1 aromatic rings. The van der Waals surface area contributed by atoms with Crippen LogP contribution in [0.5, 0.6) is 0 Å². The maximum absolute atomic E-state index is 13.2. The molecule has 0 saturated carbocycles. The SMILES string of the molecule is Fc1ccccc1C[NH2+]C[C@H]1CCCO1. The Balaban J connectivity index is 1.75. The summed E-state index contributed by atoms with van der Waals surface area (Å²) in [6.45, 7) is 2.53. The van der Waals surface area contributed by atoms with Crippen LogP contribution in [0.4, 0.5) is 4.39 Å². The topological polar surface area (TPSA) is 25.8 Å². The first kappa shape index (κ1) is 10.6. The van der Waals surface area contributed by atoms with E-state index in [-0.39, 0.29) is 5.82 Å². The fourth-order valence-corrected chi connectivity index (χ4v) is 1.92. The van der Waals surface area contributed by atoms with Gasteiger partial charge < -0.3 is 10.1 Å². The molecule has 1 atom stereocenters. The van der Waals surface area contributed by atoms with Gasteiger partial charge in [0.15, 0.2) is 0 Å². The monoisotopic (exact) mass is 210 g/mol. The molecular formula is C12H17FNO+. The summed E-state index contributed by atoms with van der Waals surface area (Å²) in [4.78, 5) is 0. The van der Waals surface area contributed by atoms with Crippen LogP contribution in [0.1, 0.15) is 18.4 Å². The molecule has 1 saturated heterocycles. The molecule has 2 nitrogen and oxygen atoms in total. The lowest BCUT2D eigenvalue weighted by molar-refractivity contribution is -0.676. The molecule has 3 heteroatoms. The zero-order chi connectivity index (χ0) is 10.5. The molecule has 2 rings (SSSR count). The second kappa shape index (κ2) is 5.24. The molecule has 1 aromatic carbocycles. The van der Waals surface area contributed by atoms with Gasteiger partial charge in [-0.3, -0.25) is 0 Å². The maximum atomic E-state index is 13.2. The molecule has 15 heavy (non-hydrogen) atoms. The predicted molar refractivity (Wildman–Crippen MR) is 55.9 cm³/mol. The highest BCUT2D eigenvalue weighted by Crippen LogP contribution is 2.09. The first-order valence-electron chi connectivity index (χ1n) is 5.53. The summed E-state index contributed by atoms with van der Waals surface area (Å²) < 4.78 is 18.7. The molecule has 1 aliphatic rings. The van der Waals surface area contributed by atoms with Crippen molar-refractivity contribution in [2.75, 3.05) is 13.2 Å². The van der Waals surface area contributed by atoms with E-state index in [9.17, 15) is 4.39 Å². The Hall–Kier alpha value is -0.930. The van der Waals surface area contributed by atoms with Crippen LogP contribution in [0.2, 0.25) is 0 Å². The Morgan fingerprint density at radius 1 is 1.40 bits per heavy atom. The molecule has 0 radical (unpaired) electrons. The van der Waals surface area contributed by atoms with Crippen molar-refractivity contribution in [3.63, 3.8) is 0 Å². The fraction of sp³-hybridized carbons (Fsp3) is 0.500. The van der Waals surface area contributed by atoms with Crippen LogP contribution in [0.25, 0.3) is 0 Å². The summed E-state index contributed by atoms with van der Waals surface area (Å²) in [6.07, 6.45) is 2.68. The fourth-order valence-electron chi connectivity index (χ4n) is 1.92. The summed E-state index contributed by atoms with van der Waals surface area (Å²) in [5.41, 5.74) is 0.774. The highest BCUT2D eigenvalue weighted by Gasteiger charge is 2.16. The van der Waals surface area contributed by atoms with Gasteiger partial charge >= 0.3 is 0 Å². The number of rotatable bonds is 4. The molecule has 82 valence electrons. The lowest BCUT2D eigenvalue weighted by Gasteiger charge is -2.08. The van der Waals surface area contributed by atoms with Crippen LogP contribution >= 0.6 is 0 Å². The number of nitrogens with two attached hydrogens (primary N) is 1. The molecule has 1 fully saturated rings. The molecule has 0 bridgehead atoms. The molecule has 0 aliphatic carbocycles. The lowest BCUT2D eigenvalue weighted by atomic mass is 10.2. The van der Waals surface area contributed by atoms with E-state index in [1.54, 1.807) is 6.07 Å². The number of halogens is 1. The maximum Gasteiger partial charge on any atom is 0.132 e. The van der Waals surface area contributed by atoms with Gasteiger partial charge in [-0.1, -0.05) is 18.2 Å². The minimum absolute atomic E-state index is 0.110. The average Bonchev–Trinajstić information content (AvgIpc) is 2.74. The van der Waals surface area contributed by atoms with E-state index < -0.39 is 0 Å². The third kappa shape index (κ3) is 3.01. The van der Waals surface area contributed by atoms with Crippen LogP contribution in [0, 0.1) is 5.82 Å². The van der Waals surface area contributed by atoms with E-state index in [0.29, 0.717) is 12.6 Å². The third-order valence-electron chi connectivity index (χ3n) is 2.78. The molecular weight excluding hydrogens is 193 g/mol. The van der Waals surface area contributed by atoms with Crippen LogP contribution in [0.3, 0.4) is 0 Å². The summed E-state index contributed by atoms with van der Waals surface area (Å²) in [6, 6.07) is 6.94. The number of benzene rings is 1. The van der Waals surface area contributed by atoms with Crippen molar-refractivity contribution < 1.29 is 14.4 Å². The minimum atomic E-state index is -0.110. The molecule has 1 aliphatic heterocycles. The summed E-state index contributed by atoms with van der Waals surface area (Å²) in [5, 5.41) is 2.12. The van der Waals surface area contributed by atoms with Crippen molar-refractivity contribution in [2.45, 2.75) is 25.5 Å². The van der Waals surface area contributed by atoms with Crippen molar-refractivity contribution in [3.05, 3.63) is 35.6 Å². The normalized spacial score (nSPS) is 20.7. The van der Waals surface area contributed by atoms with Crippen LogP contribution in [-0.4, -0.2) is 19.3 Å². The minimum Gasteiger partial charge on any atom is -0.372 e. The molecule has 0 spiro atoms. The van der Waals surface area contributed by atoms with Crippen LogP contribution < -0.4 is 5.32 Å². The van der Waals surface area contributed by atoms with Gasteiger partial charge in [-0.15, -0.1) is 0 Å². The number of ether oxygens (including phenoxy) is 1. The van der Waals surface area contributed by atoms with Gasteiger partial charge in [-0.05, 0) is 18.9 Å². The van der Waals surface area contributed by atoms with Crippen molar-refractivity contribution >= 4 is 0 Å². The molecule has 1 heterocycles. The first-order chi connectivity index (χ1) is 7.36. The molecule has 2 N–H and O–H groups in total. The van der Waals surface area contributed by atoms with E-state index in [0.717, 1.165) is 31.6 Å². The Kier molecular flexibility index (Phi) is 3.69. The lowest BCUT2D eigenvalue weighted by Crippen LogP contribution is -2.84. The van der Waals surface area contributed by atoms with E-state index in [1.165, 1.54) is 6.07 Å². The standard InChI is InChI=1S/C12H16FNO/c13-12-6-2-1-4-10(12)8-14-9-11-5-3-7-15-11/h1-2,4,6,11,14H,3,5,7-9H2/p+1/t11-/m1/s1. The number of hydrogen-bond donors (Lipinski definition) is 1.